The molecule has 0 fully saturated rings. The van der Waals surface area contributed by atoms with Gasteiger partial charge in [-0.25, -0.2) is 0 Å². The van der Waals surface area contributed by atoms with E-state index in [-0.39, 0.29) is 0 Å². The molecule has 0 heterocycles. The minimum absolute atomic E-state index is 1.01. The van der Waals surface area contributed by atoms with Gasteiger partial charge in [0, 0.05) is 11.1 Å². The van der Waals surface area contributed by atoms with E-state index >= 15 is 0 Å². The van der Waals surface area contributed by atoms with Crippen molar-refractivity contribution in [3.05, 3.63) is 108 Å². The molecule has 0 saturated carbocycles. The number of hydrogen-bond acceptors (Lipinski definition) is 0. The van der Waals surface area contributed by atoms with Crippen LogP contribution in [0.15, 0.2) is 85.5 Å². The first-order valence-corrected chi connectivity index (χ1v) is 10.2. The van der Waals surface area contributed by atoms with Gasteiger partial charge in [-0.05, 0) is 72.2 Å². The summed E-state index contributed by atoms with van der Waals surface area (Å²) in [5, 5.41) is 0. The summed E-state index contributed by atoms with van der Waals surface area (Å²) in [5.41, 5.74) is 7.33. The van der Waals surface area contributed by atoms with E-state index in [1.165, 1.54) is 41.5 Å². The standard InChI is InChI=1S/C28H28/c1-3-5-7-23-9-11-25(12-10-23)13-14-26-17-21-28(22-18-26)27-19-15-24(16-20-27)8-6-4-2/h3,9-12,15-22H,1,4-8H2,2H3. The molecule has 0 amide bonds. The Morgan fingerprint density at radius 2 is 1.14 bits per heavy atom. The van der Waals surface area contributed by atoms with E-state index in [4.69, 9.17) is 0 Å². The quantitative estimate of drug-likeness (QED) is 0.307. The van der Waals surface area contributed by atoms with Gasteiger partial charge in [-0.2, -0.15) is 0 Å². The summed E-state index contributed by atoms with van der Waals surface area (Å²) in [7, 11) is 0. The van der Waals surface area contributed by atoms with E-state index in [0.717, 1.165) is 24.0 Å². The summed E-state index contributed by atoms with van der Waals surface area (Å²) >= 11 is 0. The Hall–Kier alpha value is -3.04. The van der Waals surface area contributed by atoms with E-state index in [9.17, 15) is 0 Å². The van der Waals surface area contributed by atoms with E-state index < -0.39 is 0 Å². The molecular weight excluding hydrogens is 336 g/mol. The van der Waals surface area contributed by atoms with Gasteiger partial charge in [-0.15, -0.1) is 6.58 Å². The first-order chi connectivity index (χ1) is 13.8. The van der Waals surface area contributed by atoms with Crippen molar-refractivity contribution in [3.63, 3.8) is 0 Å². The molecule has 0 saturated heterocycles. The van der Waals surface area contributed by atoms with Crippen molar-refractivity contribution < 1.29 is 0 Å². The Labute approximate surface area is 170 Å². The second-order valence-electron chi connectivity index (χ2n) is 7.15. The van der Waals surface area contributed by atoms with Crippen LogP contribution in [-0.2, 0) is 12.8 Å². The molecule has 0 unspecified atom stereocenters. The second kappa shape index (κ2) is 10.3. The van der Waals surface area contributed by atoms with Gasteiger partial charge in [0.2, 0.25) is 0 Å². The Bertz CT molecular complexity index is 930. The van der Waals surface area contributed by atoms with Gasteiger partial charge in [0.05, 0.1) is 0 Å². The van der Waals surface area contributed by atoms with Crippen molar-refractivity contribution in [1.82, 2.24) is 0 Å². The van der Waals surface area contributed by atoms with Gasteiger partial charge < -0.3 is 0 Å². The zero-order chi connectivity index (χ0) is 19.6. The highest BCUT2D eigenvalue weighted by molar-refractivity contribution is 5.64. The van der Waals surface area contributed by atoms with Crippen molar-refractivity contribution in [1.29, 1.82) is 0 Å². The highest BCUT2D eigenvalue weighted by Crippen LogP contribution is 2.21. The molecule has 0 aromatic heterocycles. The summed E-state index contributed by atoms with van der Waals surface area (Å²) in [4.78, 5) is 0. The summed E-state index contributed by atoms with van der Waals surface area (Å²) in [6.07, 6.45) is 7.67. The lowest BCUT2D eigenvalue weighted by Gasteiger charge is -2.04. The maximum Gasteiger partial charge on any atom is 0.0249 e. The fraction of sp³-hybridized carbons (Fsp3) is 0.214. The molecule has 0 aliphatic heterocycles. The lowest BCUT2D eigenvalue weighted by molar-refractivity contribution is 0.795. The predicted octanol–water partition coefficient (Wildman–Crippen LogP) is 7.21. The average Bonchev–Trinajstić information content (AvgIpc) is 2.76. The highest BCUT2D eigenvalue weighted by atomic mass is 14.0. The van der Waals surface area contributed by atoms with Gasteiger partial charge in [-0.3, -0.25) is 0 Å². The maximum absolute atomic E-state index is 3.77. The number of allylic oxidation sites excluding steroid dienone is 1. The average molecular weight is 365 g/mol. The molecule has 3 aromatic rings. The number of rotatable bonds is 7. The molecule has 0 nitrogen and oxygen atoms in total. The SMILES string of the molecule is C=CCCc1ccc(C#Cc2ccc(-c3ccc(CCCC)cc3)cc2)cc1. The molecule has 0 aliphatic rings. The van der Waals surface area contributed by atoms with Gasteiger partial charge in [0.15, 0.2) is 0 Å². The minimum Gasteiger partial charge on any atom is -0.103 e. The van der Waals surface area contributed by atoms with Crippen LogP contribution in [0, 0.1) is 11.8 Å². The van der Waals surface area contributed by atoms with Crippen LogP contribution >= 0.6 is 0 Å². The van der Waals surface area contributed by atoms with Crippen LogP contribution in [-0.4, -0.2) is 0 Å². The molecule has 0 atom stereocenters. The van der Waals surface area contributed by atoms with Gasteiger partial charge in [-0.1, -0.05) is 79.8 Å². The Morgan fingerprint density at radius 1 is 0.679 bits per heavy atom. The zero-order valence-corrected chi connectivity index (χ0v) is 16.7. The lowest BCUT2D eigenvalue weighted by atomic mass is 10.0. The number of aryl methyl sites for hydroxylation is 2. The molecule has 0 heteroatoms. The fourth-order valence-electron chi connectivity index (χ4n) is 3.16. The highest BCUT2D eigenvalue weighted by Gasteiger charge is 1.99. The molecule has 140 valence electrons. The first kappa shape index (κ1) is 19.7. The van der Waals surface area contributed by atoms with Crippen molar-refractivity contribution in [2.75, 3.05) is 0 Å². The van der Waals surface area contributed by atoms with Crippen LogP contribution in [0.25, 0.3) is 11.1 Å². The van der Waals surface area contributed by atoms with Crippen molar-refractivity contribution in [3.8, 4) is 23.0 Å². The third-order valence-electron chi connectivity index (χ3n) is 4.93. The maximum atomic E-state index is 3.77. The van der Waals surface area contributed by atoms with Crippen LogP contribution in [0.2, 0.25) is 0 Å². The van der Waals surface area contributed by atoms with Crippen LogP contribution in [0.3, 0.4) is 0 Å². The van der Waals surface area contributed by atoms with Gasteiger partial charge in [0.1, 0.15) is 0 Å². The minimum atomic E-state index is 1.01. The Morgan fingerprint density at radius 3 is 1.68 bits per heavy atom. The molecule has 0 aliphatic carbocycles. The van der Waals surface area contributed by atoms with Crippen LogP contribution in [0.4, 0.5) is 0 Å². The lowest BCUT2D eigenvalue weighted by Crippen LogP contribution is -1.85. The van der Waals surface area contributed by atoms with E-state index in [1.807, 2.05) is 6.08 Å². The number of unbranched alkanes of at least 4 members (excludes halogenated alkanes) is 1. The molecule has 0 spiro atoms. The summed E-state index contributed by atoms with van der Waals surface area (Å²) in [6.45, 7) is 6.01. The van der Waals surface area contributed by atoms with Gasteiger partial charge >= 0.3 is 0 Å². The van der Waals surface area contributed by atoms with Crippen molar-refractivity contribution >= 4 is 0 Å². The Balaban J connectivity index is 1.65. The first-order valence-electron chi connectivity index (χ1n) is 10.2. The third-order valence-corrected chi connectivity index (χ3v) is 4.93. The Kier molecular flexibility index (Phi) is 7.28. The molecule has 0 radical (unpaired) electrons. The summed E-state index contributed by atoms with van der Waals surface area (Å²) in [5.74, 6) is 6.53. The number of hydrogen-bond donors (Lipinski definition) is 0. The van der Waals surface area contributed by atoms with E-state index in [1.54, 1.807) is 0 Å². The zero-order valence-electron chi connectivity index (χ0n) is 16.7. The van der Waals surface area contributed by atoms with Crippen LogP contribution in [0.5, 0.6) is 0 Å². The molecule has 0 bridgehead atoms. The number of benzene rings is 3. The molecule has 0 N–H and O–H groups in total. The van der Waals surface area contributed by atoms with Crippen LogP contribution in [0.1, 0.15) is 48.4 Å². The predicted molar refractivity (Wildman–Crippen MR) is 121 cm³/mol. The third kappa shape index (κ3) is 5.73. The van der Waals surface area contributed by atoms with Crippen LogP contribution < -0.4 is 0 Å². The van der Waals surface area contributed by atoms with E-state index in [0.29, 0.717) is 0 Å². The topological polar surface area (TPSA) is 0 Å². The summed E-state index contributed by atoms with van der Waals surface area (Å²) < 4.78 is 0. The van der Waals surface area contributed by atoms with Crippen molar-refractivity contribution in [2.24, 2.45) is 0 Å². The van der Waals surface area contributed by atoms with Crippen molar-refractivity contribution in [2.45, 2.75) is 39.0 Å². The fourth-order valence-corrected chi connectivity index (χ4v) is 3.16. The van der Waals surface area contributed by atoms with E-state index in [2.05, 4.69) is 98.1 Å². The molecule has 28 heavy (non-hydrogen) atoms. The molecule has 3 rings (SSSR count). The largest absolute Gasteiger partial charge is 0.103 e. The molecular formula is C28H28. The summed E-state index contributed by atoms with van der Waals surface area (Å²) in [6, 6.07) is 26.0. The second-order valence-corrected chi connectivity index (χ2v) is 7.15. The smallest absolute Gasteiger partial charge is 0.0249 e. The molecule has 3 aromatic carbocycles. The van der Waals surface area contributed by atoms with Gasteiger partial charge in [0.25, 0.3) is 0 Å². The normalized spacial score (nSPS) is 10.2. The monoisotopic (exact) mass is 364 g/mol.